The van der Waals surface area contributed by atoms with E-state index in [0.717, 1.165) is 64.4 Å². The van der Waals surface area contributed by atoms with Crippen LogP contribution < -0.4 is 14.5 Å². The molecule has 3 aliphatic heterocycles. The molecule has 4 heterocycles. The molecule has 0 N–H and O–H groups in total. The van der Waals surface area contributed by atoms with E-state index in [1.807, 2.05) is 18.2 Å². The fourth-order valence-electron chi connectivity index (χ4n) is 7.56. The quantitative estimate of drug-likeness (QED) is 0.226. The first-order valence-electron chi connectivity index (χ1n) is 17.4. The smallest absolute Gasteiger partial charge is 0.401 e. The van der Waals surface area contributed by atoms with Gasteiger partial charge in [-0.25, -0.2) is 0 Å². The van der Waals surface area contributed by atoms with Gasteiger partial charge in [0.25, 0.3) is 0 Å². The van der Waals surface area contributed by atoms with Gasteiger partial charge in [-0.1, -0.05) is 41.9 Å². The molecular formula is C36H44ClF3N8O2Si. The minimum atomic E-state index is -4.32. The molecule has 6 rings (SSSR count). The largest absolute Gasteiger partial charge is 0.462 e. The molecule has 2 aromatic carbocycles. The van der Waals surface area contributed by atoms with Gasteiger partial charge in [-0.2, -0.15) is 28.4 Å². The van der Waals surface area contributed by atoms with E-state index in [2.05, 4.69) is 46.0 Å². The third-order valence-electron chi connectivity index (χ3n) is 10.2. The fraction of sp³-hybridized carbons (Fsp3) is 0.500. The van der Waals surface area contributed by atoms with Crippen LogP contribution in [-0.4, -0.2) is 125 Å². The Hall–Kier alpha value is -3.90. The summed E-state index contributed by atoms with van der Waals surface area (Å²) in [6.07, 6.45) is 1.44. The van der Waals surface area contributed by atoms with Crippen molar-refractivity contribution in [1.82, 2.24) is 24.7 Å². The highest BCUT2D eigenvalue weighted by Crippen LogP contribution is 2.38. The van der Waals surface area contributed by atoms with Gasteiger partial charge in [0, 0.05) is 71.7 Å². The Bertz CT molecular complexity index is 1820. The fourth-order valence-corrected chi connectivity index (χ4v) is 8.82. The third-order valence-corrected chi connectivity index (χ3v) is 11.7. The molecular weight excluding hydrogens is 697 g/mol. The maximum Gasteiger partial charge on any atom is 0.401 e. The summed E-state index contributed by atoms with van der Waals surface area (Å²) in [5.74, 6) is 0.457. The average Bonchev–Trinajstić information content (AvgIpc) is 3.49. The summed E-state index contributed by atoms with van der Waals surface area (Å²) in [6.45, 7) is 2.88. The molecule has 3 aliphatic rings. The number of nitrogens with zero attached hydrogens (tertiary/aromatic N) is 8. The molecule has 51 heavy (non-hydrogen) atoms. The number of hydrogen-bond donors (Lipinski definition) is 0. The normalized spacial score (nSPS) is 21.5. The van der Waals surface area contributed by atoms with Crippen LogP contribution in [0.2, 0.25) is 5.02 Å². The summed E-state index contributed by atoms with van der Waals surface area (Å²) >= 11 is 6.72. The van der Waals surface area contributed by atoms with Crippen molar-refractivity contribution in [2.75, 3.05) is 76.3 Å². The van der Waals surface area contributed by atoms with Crippen molar-refractivity contribution in [3.8, 4) is 12.1 Å². The second-order valence-electron chi connectivity index (χ2n) is 14.1. The number of likely N-dealkylation sites (N-methyl/N-ethyl adjacent to an activating group) is 2. The van der Waals surface area contributed by atoms with Gasteiger partial charge < -0.3 is 24.3 Å². The molecule has 0 aliphatic carbocycles. The number of alkyl halides is 3. The Morgan fingerprint density at radius 3 is 2.69 bits per heavy atom. The van der Waals surface area contributed by atoms with Crippen molar-refractivity contribution < 1.29 is 22.7 Å². The van der Waals surface area contributed by atoms with E-state index in [9.17, 15) is 23.2 Å². The van der Waals surface area contributed by atoms with Gasteiger partial charge in [-0.3, -0.25) is 9.69 Å². The molecule has 0 saturated carbocycles. The number of halogens is 4. The van der Waals surface area contributed by atoms with Gasteiger partial charge in [0.2, 0.25) is 5.91 Å². The number of benzene rings is 2. The van der Waals surface area contributed by atoms with E-state index in [0.29, 0.717) is 60.5 Å². The Labute approximate surface area is 304 Å². The topological polar surface area (TPSA) is 92.1 Å². The number of likely N-dealkylation sites (tertiary alicyclic amines) is 1. The molecule has 0 unspecified atom stereocenters. The highest BCUT2D eigenvalue weighted by atomic mass is 35.5. The summed E-state index contributed by atoms with van der Waals surface area (Å²) in [5, 5.41) is 11.9. The van der Waals surface area contributed by atoms with E-state index >= 15 is 0 Å². The summed E-state index contributed by atoms with van der Waals surface area (Å²) in [4.78, 5) is 33.0. The second kappa shape index (κ2) is 15.4. The molecule has 15 heteroatoms. The van der Waals surface area contributed by atoms with Crippen LogP contribution >= 0.6 is 11.6 Å². The molecule has 272 valence electrons. The number of nitriles is 1. The number of rotatable bonds is 10. The van der Waals surface area contributed by atoms with Crippen molar-refractivity contribution in [1.29, 1.82) is 5.26 Å². The molecule has 10 nitrogen and oxygen atoms in total. The number of amides is 1. The van der Waals surface area contributed by atoms with Crippen molar-refractivity contribution >= 4 is 50.0 Å². The number of aromatic nitrogens is 2. The first kappa shape index (κ1) is 36.9. The van der Waals surface area contributed by atoms with Gasteiger partial charge >= 0.3 is 12.2 Å². The molecule has 0 radical (unpaired) electrons. The number of ether oxygens (including phenoxy) is 1. The minimum Gasteiger partial charge on any atom is -0.462 e. The molecule has 2 fully saturated rings. The van der Waals surface area contributed by atoms with Crippen LogP contribution in [0.3, 0.4) is 0 Å². The zero-order chi connectivity index (χ0) is 36.3. The van der Waals surface area contributed by atoms with E-state index in [-0.39, 0.29) is 24.9 Å². The summed E-state index contributed by atoms with van der Waals surface area (Å²) in [6, 6.07) is 15.0. The van der Waals surface area contributed by atoms with Crippen LogP contribution in [-0.2, 0) is 17.8 Å². The molecule has 3 aromatic rings. The number of hydrogen-bond acceptors (Lipinski definition) is 9. The van der Waals surface area contributed by atoms with Gasteiger partial charge in [-0.05, 0) is 57.4 Å². The number of fused-ring (bicyclic) bond motifs is 2. The van der Waals surface area contributed by atoms with Crippen LogP contribution in [0.25, 0.3) is 10.8 Å². The molecule has 1 amide bonds. The van der Waals surface area contributed by atoms with Crippen molar-refractivity contribution in [2.24, 2.45) is 0 Å². The van der Waals surface area contributed by atoms with Crippen LogP contribution in [0.15, 0.2) is 48.6 Å². The molecule has 0 spiro atoms. The number of anilines is 2. The van der Waals surface area contributed by atoms with Crippen molar-refractivity contribution in [3.05, 3.63) is 64.8 Å². The molecule has 1 aromatic heterocycles. The van der Waals surface area contributed by atoms with E-state index in [1.165, 1.54) is 19.2 Å². The van der Waals surface area contributed by atoms with Crippen LogP contribution in [0.4, 0.5) is 24.7 Å². The maximum atomic E-state index is 13.4. The zero-order valence-electron chi connectivity index (χ0n) is 29.3. The first-order chi connectivity index (χ1) is 24.3. The minimum absolute atomic E-state index is 0.0217. The first-order valence-corrected chi connectivity index (χ1v) is 18.7. The predicted molar refractivity (Wildman–Crippen MR) is 196 cm³/mol. The molecule has 2 saturated heterocycles. The van der Waals surface area contributed by atoms with Crippen LogP contribution in [0, 0.1) is 11.3 Å². The van der Waals surface area contributed by atoms with Gasteiger partial charge in [0.1, 0.15) is 12.4 Å². The van der Waals surface area contributed by atoms with Gasteiger partial charge in [0.15, 0.2) is 0 Å². The highest BCUT2D eigenvalue weighted by Gasteiger charge is 2.41. The zero-order valence-corrected chi connectivity index (χ0v) is 32.1. The van der Waals surface area contributed by atoms with Crippen molar-refractivity contribution in [2.45, 2.75) is 49.6 Å². The van der Waals surface area contributed by atoms with E-state index in [4.69, 9.17) is 26.3 Å². The van der Waals surface area contributed by atoms with Gasteiger partial charge in [0.05, 0.1) is 41.5 Å². The molecule has 2 atom stereocenters. The van der Waals surface area contributed by atoms with E-state index in [1.54, 1.807) is 4.90 Å². The lowest BCUT2D eigenvalue weighted by Gasteiger charge is -2.49. The van der Waals surface area contributed by atoms with Crippen LogP contribution in [0.1, 0.15) is 30.5 Å². The second-order valence-corrected chi connectivity index (χ2v) is 16.4. The third kappa shape index (κ3) is 8.43. The lowest BCUT2D eigenvalue weighted by atomic mass is 10.0. The Morgan fingerprint density at radius 2 is 1.96 bits per heavy atom. The monoisotopic (exact) mass is 740 g/mol. The number of piperazine rings is 1. The Kier molecular flexibility index (Phi) is 11.1. The van der Waals surface area contributed by atoms with E-state index < -0.39 is 17.9 Å². The Balaban J connectivity index is 1.27. The SMILES string of the molecule is CN(C/C=C/C(=O)N1CCN(c2nc(OC[C@@H]3CCCN3C)nc3c2CCN(c2cccc4cccc(Cl)c24)C3)C[C@@]1([SiH3])CC#N)CC(F)(F)F. The average molecular weight is 741 g/mol. The van der Waals surface area contributed by atoms with Crippen molar-refractivity contribution in [3.63, 3.8) is 0 Å². The lowest BCUT2D eigenvalue weighted by Crippen LogP contribution is -2.64. The predicted octanol–water partition coefficient (Wildman–Crippen LogP) is 3.99. The van der Waals surface area contributed by atoms with Crippen LogP contribution in [0.5, 0.6) is 6.01 Å². The molecule has 0 bridgehead atoms. The number of carbonyl (C=O) groups is 1. The number of carbonyl (C=O) groups excluding carboxylic acids is 1. The summed E-state index contributed by atoms with van der Waals surface area (Å²) < 4.78 is 44.6. The lowest BCUT2D eigenvalue weighted by molar-refractivity contribution is -0.141. The highest BCUT2D eigenvalue weighted by molar-refractivity contribution is 6.36. The summed E-state index contributed by atoms with van der Waals surface area (Å²) in [7, 11) is 3.95. The standard InChI is InChI=1S/C36H44ClF3N8O2Si/c1-44(24-36(38,39)40)16-6-12-31(49)48-20-19-47(23-35(48,51)14-15-41)33-27-13-18-46(30-11-4-8-25-7-3-10-28(37)32(25)30)21-29(27)42-34(43-33)50-22-26-9-5-17-45(26)2/h3-4,6-8,10-12,26H,5,9,13-14,16-24H2,1-2,51H3/b12-6+/t26-,35-/m0/s1. The Morgan fingerprint density at radius 1 is 1.18 bits per heavy atom. The van der Waals surface area contributed by atoms with Gasteiger partial charge in [-0.15, -0.1) is 0 Å². The maximum absolute atomic E-state index is 13.4. The summed E-state index contributed by atoms with van der Waals surface area (Å²) in [5.41, 5.74) is 2.93.